The van der Waals surface area contributed by atoms with Crippen LogP contribution in [-0.2, 0) is 11.8 Å². The van der Waals surface area contributed by atoms with Gasteiger partial charge in [0.2, 0.25) is 5.91 Å². The number of benzene rings is 2. The number of rotatable bonds is 2. The Morgan fingerprint density at radius 2 is 1.78 bits per heavy atom. The van der Waals surface area contributed by atoms with E-state index in [9.17, 15) is 9.59 Å². The first kappa shape index (κ1) is 15.3. The third kappa shape index (κ3) is 2.40. The Kier molecular flexibility index (Phi) is 3.48. The van der Waals surface area contributed by atoms with Crippen molar-refractivity contribution in [2.75, 3.05) is 5.32 Å². The number of carbonyl (C=O) groups excluding carboxylic acids is 2. The van der Waals surface area contributed by atoms with E-state index in [-0.39, 0.29) is 5.91 Å². The van der Waals surface area contributed by atoms with Crippen LogP contribution in [0.2, 0.25) is 0 Å². The molecule has 0 atom stereocenters. The molecule has 3 rings (SSSR count). The Labute approximate surface area is 135 Å². The van der Waals surface area contributed by atoms with Crippen molar-refractivity contribution in [2.45, 2.75) is 20.8 Å². The summed E-state index contributed by atoms with van der Waals surface area (Å²) in [6, 6.07) is 11.8. The summed E-state index contributed by atoms with van der Waals surface area (Å²) in [5, 5.41) is 4.99. The predicted molar refractivity (Wildman–Crippen MR) is 93.9 cm³/mol. The van der Waals surface area contributed by atoms with Crippen molar-refractivity contribution in [3.63, 3.8) is 0 Å². The number of hydrogen-bond donors (Lipinski definition) is 1. The van der Waals surface area contributed by atoms with Crippen LogP contribution in [0.4, 0.5) is 5.69 Å². The highest BCUT2D eigenvalue weighted by Gasteiger charge is 2.23. The molecule has 1 amide bonds. The SMILES string of the molecule is Cn1c2ccccc2c2ccc(NC(=O)C(C)(C)C)c(C=O)c21. The lowest BCUT2D eigenvalue weighted by atomic mass is 9.95. The zero-order chi connectivity index (χ0) is 16.8. The Morgan fingerprint density at radius 1 is 1.09 bits per heavy atom. The van der Waals surface area contributed by atoms with Crippen molar-refractivity contribution in [1.82, 2.24) is 4.57 Å². The molecule has 2 aromatic carbocycles. The molecule has 4 heteroatoms. The molecule has 0 unspecified atom stereocenters. The Bertz CT molecular complexity index is 930. The van der Waals surface area contributed by atoms with E-state index >= 15 is 0 Å². The van der Waals surface area contributed by atoms with Gasteiger partial charge < -0.3 is 9.88 Å². The largest absolute Gasteiger partial charge is 0.343 e. The third-order valence-corrected chi connectivity index (χ3v) is 4.16. The summed E-state index contributed by atoms with van der Waals surface area (Å²) >= 11 is 0. The first-order valence-corrected chi connectivity index (χ1v) is 7.61. The topological polar surface area (TPSA) is 51.1 Å². The van der Waals surface area contributed by atoms with Crippen LogP contribution in [0.15, 0.2) is 36.4 Å². The molecule has 0 aliphatic carbocycles. The molecule has 0 bridgehead atoms. The van der Waals surface area contributed by atoms with Gasteiger partial charge in [-0.3, -0.25) is 9.59 Å². The van der Waals surface area contributed by atoms with Gasteiger partial charge in [-0.1, -0.05) is 45.0 Å². The molecule has 118 valence electrons. The average molecular weight is 308 g/mol. The van der Waals surface area contributed by atoms with Crippen molar-refractivity contribution in [1.29, 1.82) is 0 Å². The van der Waals surface area contributed by atoms with Crippen LogP contribution >= 0.6 is 0 Å². The van der Waals surface area contributed by atoms with Crippen molar-refractivity contribution in [3.05, 3.63) is 42.0 Å². The number of nitrogens with zero attached hydrogens (tertiary/aromatic N) is 1. The normalized spacial score (nSPS) is 11.8. The fourth-order valence-electron chi connectivity index (χ4n) is 2.84. The second-order valence-electron chi connectivity index (χ2n) is 6.82. The highest BCUT2D eigenvalue weighted by molar-refractivity contribution is 6.15. The molecule has 0 spiro atoms. The summed E-state index contributed by atoms with van der Waals surface area (Å²) in [6.07, 6.45) is 0.819. The molecule has 3 aromatic rings. The van der Waals surface area contributed by atoms with Crippen LogP contribution in [0.3, 0.4) is 0 Å². The minimum Gasteiger partial charge on any atom is -0.343 e. The number of nitrogens with one attached hydrogen (secondary N) is 1. The number of anilines is 1. The smallest absolute Gasteiger partial charge is 0.229 e. The molecule has 1 N–H and O–H groups in total. The zero-order valence-electron chi connectivity index (χ0n) is 13.8. The summed E-state index contributed by atoms with van der Waals surface area (Å²) in [6.45, 7) is 5.54. The summed E-state index contributed by atoms with van der Waals surface area (Å²) in [7, 11) is 1.94. The number of fused-ring (bicyclic) bond motifs is 3. The number of para-hydroxylation sites is 1. The maximum Gasteiger partial charge on any atom is 0.229 e. The van der Waals surface area contributed by atoms with Gasteiger partial charge in [0.15, 0.2) is 6.29 Å². The first-order chi connectivity index (χ1) is 10.8. The molecule has 0 fully saturated rings. The van der Waals surface area contributed by atoms with Gasteiger partial charge >= 0.3 is 0 Å². The second kappa shape index (κ2) is 5.23. The zero-order valence-corrected chi connectivity index (χ0v) is 13.8. The second-order valence-corrected chi connectivity index (χ2v) is 6.82. The van der Waals surface area contributed by atoms with Gasteiger partial charge in [0.1, 0.15) is 0 Å². The summed E-state index contributed by atoms with van der Waals surface area (Å²) in [5.74, 6) is -0.112. The van der Waals surface area contributed by atoms with Crippen LogP contribution in [0.25, 0.3) is 21.8 Å². The van der Waals surface area contributed by atoms with Crippen molar-refractivity contribution in [2.24, 2.45) is 12.5 Å². The lowest BCUT2D eigenvalue weighted by molar-refractivity contribution is -0.123. The van der Waals surface area contributed by atoms with E-state index in [1.807, 2.05) is 68.8 Å². The van der Waals surface area contributed by atoms with Crippen LogP contribution in [-0.4, -0.2) is 16.8 Å². The fraction of sp³-hybridized carbons (Fsp3) is 0.263. The standard InChI is InChI=1S/C19H20N2O2/c1-19(2,3)18(23)20-15-10-9-13-12-7-5-6-8-16(12)21(4)17(13)14(15)11-22/h5-11H,1-4H3,(H,20,23). The summed E-state index contributed by atoms with van der Waals surface area (Å²) in [5.41, 5.74) is 2.45. The lowest BCUT2D eigenvalue weighted by Gasteiger charge is -2.19. The van der Waals surface area contributed by atoms with E-state index in [0.29, 0.717) is 11.3 Å². The van der Waals surface area contributed by atoms with Gasteiger partial charge in [0.25, 0.3) is 0 Å². The monoisotopic (exact) mass is 308 g/mol. The van der Waals surface area contributed by atoms with Gasteiger partial charge in [-0.2, -0.15) is 0 Å². The van der Waals surface area contributed by atoms with Gasteiger partial charge in [0.05, 0.1) is 16.8 Å². The number of carbonyl (C=O) groups is 2. The van der Waals surface area contributed by atoms with E-state index in [4.69, 9.17) is 0 Å². The quantitative estimate of drug-likeness (QED) is 0.724. The Balaban J connectivity index is 2.26. The maximum absolute atomic E-state index is 12.3. The van der Waals surface area contributed by atoms with E-state index < -0.39 is 5.41 Å². The molecule has 0 aliphatic rings. The van der Waals surface area contributed by atoms with E-state index in [2.05, 4.69) is 5.32 Å². The fourth-order valence-corrected chi connectivity index (χ4v) is 2.84. The molecule has 0 saturated carbocycles. The molecule has 1 aromatic heterocycles. The van der Waals surface area contributed by atoms with Crippen molar-refractivity contribution in [3.8, 4) is 0 Å². The highest BCUT2D eigenvalue weighted by atomic mass is 16.2. The summed E-state index contributed by atoms with van der Waals surface area (Å²) < 4.78 is 2.00. The molecular formula is C19H20N2O2. The molecular weight excluding hydrogens is 288 g/mol. The number of aldehydes is 1. The van der Waals surface area contributed by atoms with E-state index in [1.54, 1.807) is 0 Å². The average Bonchev–Trinajstić information content (AvgIpc) is 2.80. The van der Waals surface area contributed by atoms with Gasteiger partial charge in [-0.25, -0.2) is 0 Å². The molecule has 0 saturated heterocycles. The predicted octanol–water partition coefficient (Wildman–Crippen LogP) is 4.13. The minimum atomic E-state index is -0.520. The van der Waals surface area contributed by atoms with Crippen LogP contribution in [0.1, 0.15) is 31.1 Å². The number of aryl methyl sites for hydroxylation is 1. The first-order valence-electron chi connectivity index (χ1n) is 7.61. The molecule has 1 heterocycles. The number of aromatic nitrogens is 1. The van der Waals surface area contributed by atoms with Crippen molar-refractivity contribution >= 4 is 39.7 Å². The lowest BCUT2D eigenvalue weighted by Crippen LogP contribution is -2.28. The van der Waals surface area contributed by atoms with E-state index in [1.165, 1.54) is 0 Å². The molecule has 4 nitrogen and oxygen atoms in total. The number of amides is 1. The molecule has 0 radical (unpaired) electrons. The molecule has 23 heavy (non-hydrogen) atoms. The minimum absolute atomic E-state index is 0.112. The van der Waals surface area contributed by atoms with Crippen molar-refractivity contribution < 1.29 is 9.59 Å². The maximum atomic E-state index is 12.3. The van der Waals surface area contributed by atoms with Gasteiger partial charge in [-0.15, -0.1) is 0 Å². The van der Waals surface area contributed by atoms with Gasteiger partial charge in [0, 0.05) is 28.8 Å². The summed E-state index contributed by atoms with van der Waals surface area (Å²) in [4.78, 5) is 24.0. The highest BCUT2D eigenvalue weighted by Crippen LogP contribution is 2.33. The Morgan fingerprint density at radius 3 is 2.43 bits per heavy atom. The molecule has 0 aliphatic heterocycles. The van der Waals surface area contributed by atoms with Crippen LogP contribution < -0.4 is 5.32 Å². The van der Waals surface area contributed by atoms with E-state index in [0.717, 1.165) is 28.1 Å². The Hall–Kier alpha value is -2.62. The third-order valence-electron chi connectivity index (χ3n) is 4.16. The van der Waals surface area contributed by atoms with Crippen LogP contribution in [0, 0.1) is 5.41 Å². The number of hydrogen-bond acceptors (Lipinski definition) is 2. The van der Waals surface area contributed by atoms with Gasteiger partial charge in [-0.05, 0) is 12.1 Å². The van der Waals surface area contributed by atoms with Crippen LogP contribution in [0.5, 0.6) is 0 Å².